The fraction of sp³-hybridized carbons (Fsp3) is 0.312. The van der Waals surface area contributed by atoms with Crippen LogP contribution in [0.4, 0.5) is 0 Å². The van der Waals surface area contributed by atoms with Gasteiger partial charge in [-0.25, -0.2) is 4.98 Å². The van der Waals surface area contributed by atoms with Gasteiger partial charge in [0.2, 0.25) is 5.88 Å². The van der Waals surface area contributed by atoms with Gasteiger partial charge in [-0.3, -0.25) is 0 Å². The maximum absolute atomic E-state index is 10.0. The summed E-state index contributed by atoms with van der Waals surface area (Å²) in [5.41, 5.74) is 0.915. The van der Waals surface area contributed by atoms with Crippen LogP contribution in [0.5, 0.6) is 5.88 Å². The van der Waals surface area contributed by atoms with E-state index in [-0.39, 0.29) is 6.04 Å². The van der Waals surface area contributed by atoms with Crippen LogP contribution in [-0.4, -0.2) is 29.3 Å². The minimum atomic E-state index is -0.506. The number of nitrogens with one attached hydrogen (secondary N) is 1. The predicted octanol–water partition coefficient (Wildman–Crippen LogP) is 2.17. The summed E-state index contributed by atoms with van der Waals surface area (Å²) in [5, 5.41) is 13.3. The SMILES string of the molecule is CC(COc1ccccn1)NCC(O)c1ccccc1. The second-order valence-corrected chi connectivity index (χ2v) is 4.71. The zero-order chi connectivity index (χ0) is 14.2. The molecule has 2 unspecified atom stereocenters. The van der Waals surface area contributed by atoms with E-state index in [9.17, 15) is 5.11 Å². The summed E-state index contributed by atoms with van der Waals surface area (Å²) < 4.78 is 5.55. The second-order valence-electron chi connectivity index (χ2n) is 4.71. The number of aliphatic hydroxyl groups is 1. The highest BCUT2D eigenvalue weighted by molar-refractivity contribution is 5.17. The van der Waals surface area contributed by atoms with Crippen molar-refractivity contribution in [1.29, 1.82) is 0 Å². The summed E-state index contributed by atoms with van der Waals surface area (Å²) in [6.45, 7) is 3.02. The van der Waals surface area contributed by atoms with E-state index in [2.05, 4.69) is 10.3 Å². The van der Waals surface area contributed by atoms with Gasteiger partial charge in [-0.05, 0) is 18.6 Å². The number of rotatable bonds is 7. The highest BCUT2D eigenvalue weighted by atomic mass is 16.5. The van der Waals surface area contributed by atoms with Crippen molar-refractivity contribution in [1.82, 2.24) is 10.3 Å². The largest absolute Gasteiger partial charge is 0.476 e. The highest BCUT2D eigenvalue weighted by Gasteiger charge is 2.09. The van der Waals surface area contributed by atoms with Gasteiger partial charge in [0, 0.05) is 24.8 Å². The Balaban J connectivity index is 1.71. The number of hydrogen-bond donors (Lipinski definition) is 2. The van der Waals surface area contributed by atoms with Gasteiger partial charge in [0.15, 0.2) is 0 Å². The Hall–Kier alpha value is -1.91. The molecule has 0 bridgehead atoms. The molecule has 1 aromatic heterocycles. The minimum absolute atomic E-state index is 0.135. The lowest BCUT2D eigenvalue weighted by molar-refractivity contribution is 0.163. The minimum Gasteiger partial charge on any atom is -0.476 e. The Labute approximate surface area is 119 Å². The van der Waals surface area contributed by atoms with Crippen LogP contribution in [0.3, 0.4) is 0 Å². The van der Waals surface area contributed by atoms with Crippen molar-refractivity contribution in [2.24, 2.45) is 0 Å². The number of nitrogens with zero attached hydrogens (tertiary/aromatic N) is 1. The third kappa shape index (κ3) is 4.64. The number of aliphatic hydroxyl groups excluding tert-OH is 1. The molecule has 2 atom stereocenters. The molecule has 1 heterocycles. The lowest BCUT2D eigenvalue weighted by Crippen LogP contribution is -2.35. The van der Waals surface area contributed by atoms with Gasteiger partial charge in [-0.2, -0.15) is 0 Å². The molecule has 2 aromatic rings. The van der Waals surface area contributed by atoms with E-state index in [1.54, 1.807) is 6.20 Å². The Kier molecular flexibility index (Phi) is 5.53. The highest BCUT2D eigenvalue weighted by Crippen LogP contribution is 2.11. The van der Waals surface area contributed by atoms with Gasteiger partial charge in [0.1, 0.15) is 6.61 Å². The van der Waals surface area contributed by atoms with Gasteiger partial charge >= 0.3 is 0 Å². The first-order valence-corrected chi connectivity index (χ1v) is 6.76. The van der Waals surface area contributed by atoms with E-state index in [4.69, 9.17) is 4.74 Å². The van der Waals surface area contributed by atoms with Crippen LogP contribution in [0.15, 0.2) is 54.7 Å². The Morgan fingerprint density at radius 3 is 2.60 bits per heavy atom. The first-order chi connectivity index (χ1) is 9.75. The zero-order valence-corrected chi connectivity index (χ0v) is 11.6. The summed E-state index contributed by atoms with van der Waals surface area (Å²) in [6, 6.07) is 15.3. The number of pyridine rings is 1. The first kappa shape index (κ1) is 14.5. The summed E-state index contributed by atoms with van der Waals surface area (Å²) in [6.07, 6.45) is 1.19. The van der Waals surface area contributed by atoms with Crippen LogP contribution in [0.2, 0.25) is 0 Å². The lowest BCUT2D eigenvalue weighted by Gasteiger charge is -2.17. The fourth-order valence-corrected chi connectivity index (χ4v) is 1.81. The molecule has 0 spiro atoms. The van der Waals surface area contributed by atoms with E-state index in [0.717, 1.165) is 5.56 Å². The fourth-order valence-electron chi connectivity index (χ4n) is 1.81. The summed E-state index contributed by atoms with van der Waals surface area (Å²) in [5.74, 6) is 0.616. The molecular formula is C16H20N2O2. The van der Waals surface area contributed by atoms with Crippen LogP contribution < -0.4 is 10.1 Å². The molecular weight excluding hydrogens is 252 g/mol. The Bertz CT molecular complexity index is 490. The maximum Gasteiger partial charge on any atom is 0.213 e. The van der Waals surface area contributed by atoms with E-state index in [1.165, 1.54) is 0 Å². The predicted molar refractivity (Wildman–Crippen MR) is 78.6 cm³/mol. The van der Waals surface area contributed by atoms with E-state index in [0.29, 0.717) is 19.0 Å². The number of hydrogen-bond acceptors (Lipinski definition) is 4. The van der Waals surface area contributed by atoms with Crippen molar-refractivity contribution in [3.8, 4) is 5.88 Å². The van der Waals surface area contributed by atoms with Crippen molar-refractivity contribution < 1.29 is 9.84 Å². The normalized spacial score (nSPS) is 13.7. The lowest BCUT2D eigenvalue weighted by atomic mass is 10.1. The molecule has 0 saturated heterocycles. The molecule has 0 fully saturated rings. The van der Waals surface area contributed by atoms with Crippen molar-refractivity contribution in [3.63, 3.8) is 0 Å². The third-order valence-corrected chi connectivity index (χ3v) is 2.96. The summed E-state index contributed by atoms with van der Waals surface area (Å²) >= 11 is 0. The molecule has 2 rings (SSSR count). The van der Waals surface area contributed by atoms with Crippen molar-refractivity contribution in [3.05, 3.63) is 60.3 Å². The number of aromatic nitrogens is 1. The third-order valence-electron chi connectivity index (χ3n) is 2.96. The smallest absolute Gasteiger partial charge is 0.213 e. The summed E-state index contributed by atoms with van der Waals surface area (Å²) in [7, 11) is 0. The molecule has 106 valence electrons. The Morgan fingerprint density at radius 1 is 1.15 bits per heavy atom. The number of ether oxygens (including phenoxy) is 1. The molecule has 0 aliphatic heterocycles. The maximum atomic E-state index is 10.0. The quantitative estimate of drug-likeness (QED) is 0.811. The van der Waals surface area contributed by atoms with E-state index >= 15 is 0 Å². The van der Waals surface area contributed by atoms with Crippen molar-refractivity contribution in [2.75, 3.05) is 13.2 Å². The molecule has 0 aliphatic carbocycles. The second kappa shape index (κ2) is 7.62. The van der Waals surface area contributed by atoms with Gasteiger partial charge in [-0.1, -0.05) is 36.4 Å². The summed E-state index contributed by atoms with van der Waals surface area (Å²) in [4.78, 5) is 4.09. The van der Waals surface area contributed by atoms with E-state index < -0.39 is 6.10 Å². The Morgan fingerprint density at radius 2 is 1.90 bits per heavy atom. The van der Waals surface area contributed by atoms with Crippen molar-refractivity contribution >= 4 is 0 Å². The van der Waals surface area contributed by atoms with Gasteiger partial charge < -0.3 is 15.2 Å². The van der Waals surface area contributed by atoms with Gasteiger partial charge in [0.25, 0.3) is 0 Å². The molecule has 2 N–H and O–H groups in total. The standard InChI is InChI=1S/C16H20N2O2/c1-13(12-20-16-9-5-6-10-17-16)18-11-15(19)14-7-3-2-4-8-14/h2-10,13,15,18-19H,11-12H2,1H3. The topological polar surface area (TPSA) is 54.4 Å². The average molecular weight is 272 g/mol. The van der Waals surface area contributed by atoms with Gasteiger partial charge in [0.05, 0.1) is 6.10 Å². The molecule has 0 radical (unpaired) electrons. The molecule has 4 nitrogen and oxygen atoms in total. The monoisotopic (exact) mass is 272 g/mol. The van der Waals surface area contributed by atoms with Crippen LogP contribution in [0, 0.1) is 0 Å². The zero-order valence-electron chi connectivity index (χ0n) is 11.6. The van der Waals surface area contributed by atoms with Crippen LogP contribution in [0.25, 0.3) is 0 Å². The molecule has 0 saturated carbocycles. The van der Waals surface area contributed by atoms with E-state index in [1.807, 2.05) is 55.5 Å². The first-order valence-electron chi connectivity index (χ1n) is 6.76. The van der Waals surface area contributed by atoms with Crippen LogP contribution >= 0.6 is 0 Å². The number of benzene rings is 1. The van der Waals surface area contributed by atoms with Crippen molar-refractivity contribution in [2.45, 2.75) is 19.1 Å². The molecule has 0 amide bonds. The van der Waals surface area contributed by atoms with Crippen LogP contribution in [0.1, 0.15) is 18.6 Å². The van der Waals surface area contributed by atoms with Gasteiger partial charge in [-0.15, -0.1) is 0 Å². The average Bonchev–Trinajstić information content (AvgIpc) is 2.52. The molecule has 20 heavy (non-hydrogen) atoms. The molecule has 1 aromatic carbocycles. The molecule has 4 heteroatoms. The molecule has 0 aliphatic rings. The van der Waals surface area contributed by atoms with Crippen LogP contribution in [-0.2, 0) is 0 Å².